The van der Waals surface area contributed by atoms with Crippen LogP contribution < -0.4 is 9.47 Å². The second-order valence-corrected chi connectivity index (χ2v) is 5.29. The van der Waals surface area contributed by atoms with E-state index in [1.807, 2.05) is 0 Å². The van der Waals surface area contributed by atoms with Gasteiger partial charge in [0, 0.05) is 5.56 Å². The van der Waals surface area contributed by atoms with Crippen LogP contribution in [0.2, 0.25) is 0 Å². The number of ether oxygens (including phenoxy) is 2. The van der Waals surface area contributed by atoms with E-state index in [0.29, 0.717) is 11.8 Å². The Morgan fingerprint density at radius 2 is 1.94 bits per heavy atom. The van der Waals surface area contributed by atoms with Crippen molar-refractivity contribution >= 4 is 6.08 Å². The van der Waals surface area contributed by atoms with Crippen LogP contribution in [0.15, 0.2) is 12.1 Å². The Labute approximate surface area is 110 Å². The first kappa shape index (κ1) is 13.0. The van der Waals surface area contributed by atoms with Gasteiger partial charge in [-0.05, 0) is 35.4 Å². The lowest BCUT2D eigenvalue weighted by Crippen LogP contribution is -2.10. The number of rotatable bonds is 3. The van der Waals surface area contributed by atoms with Gasteiger partial charge >= 0.3 is 0 Å². The van der Waals surface area contributed by atoms with E-state index in [0.717, 1.165) is 17.9 Å². The van der Waals surface area contributed by atoms with E-state index in [9.17, 15) is 0 Å². The molecule has 0 bridgehead atoms. The molecule has 0 saturated carbocycles. The zero-order valence-electron chi connectivity index (χ0n) is 11.9. The lowest BCUT2D eigenvalue weighted by Gasteiger charge is -2.25. The highest BCUT2D eigenvalue weighted by Crippen LogP contribution is 2.42. The van der Waals surface area contributed by atoms with Crippen LogP contribution in [0.4, 0.5) is 0 Å². The number of benzene rings is 1. The molecular weight excluding hydrogens is 224 g/mol. The summed E-state index contributed by atoms with van der Waals surface area (Å²) in [6, 6.07) is 2.09. The van der Waals surface area contributed by atoms with Crippen molar-refractivity contribution in [1.29, 1.82) is 0 Å². The highest BCUT2D eigenvalue weighted by molar-refractivity contribution is 5.66. The number of allylic oxidation sites excluding steroid dienone is 1. The molecule has 18 heavy (non-hydrogen) atoms. The molecule has 98 valence electrons. The fourth-order valence-corrected chi connectivity index (χ4v) is 2.73. The third kappa shape index (κ3) is 2.12. The molecule has 0 amide bonds. The molecule has 0 aromatic heterocycles. The van der Waals surface area contributed by atoms with Gasteiger partial charge in [0.15, 0.2) is 11.5 Å². The molecular formula is C16H22O2. The molecule has 0 fully saturated rings. The predicted molar refractivity (Wildman–Crippen MR) is 75.5 cm³/mol. The zero-order valence-corrected chi connectivity index (χ0v) is 11.9. The van der Waals surface area contributed by atoms with Gasteiger partial charge in [-0.1, -0.05) is 32.9 Å². The number of hydrogen-bond acceptors (Lipinski definition) is 2. The molecule has 0 N–H and O–H groups in total. The molecule has 2 nitrogen and oxygen atoms in total. The zero-order chi connectivity index (χ0) is 13.3. The van der Waals surface area contributed by atoms with Crippen LogP contribution >= 0.6 is 0 Å². The van der Waals surface area contributed by atoms with Crippen molar-refractivity contribution in [2.75, 3.05) is 14.2 Å². The van der Waals surface area contributed by atoms with Crippen LogP contribution in [0.5, 0.6) is 11.5 Å². The average Bonchev–Trinajstić information content (AvgIpc) is 2.35. The van der Waals surface area contributed by atoms with Gasteiger partial charge < -0.3 is 9.47 Å². The van der Waals surface area contributed by atoms with Crippen molar-refractivity contribution in [3.63, 3.8) is 0 Å². The Balaban J connectivity index is 2.69. The maximum absolute atomic E-state index is 5.58. The smallest absolute Gasteiger partial charge is 0.164 e. The van der Waals surface area contributed by atoms with Gasteiger partial charge in [0.05, 0.1) is 14.2 Å². The number of fused-ring (bicyclic) bond motifs is 1. The van der Waals surface area contributed by atoms with Gasteiger partial charge in [0.1, 0.15) is 0 Å². The number of methoxy groups -OCH3 is 2. The summed E-state index contributed by atoms with van der Waals surface area (Å²) in [5.41, 5.74) is 3.98. The maximum atomic E-state index is 5.58. The summed E-state index contributed by atoms with van der Waals surface area (Å²) < 4.78 is 11.0. The minimum atomic E-state index is 0.433. The van der Waals surface area contributed by atoms with Crippen LogP contribution in [0.1, 0.15) is 43.4 Å². The van der Waals surface area contributed by atoms with Gasteiger partial charge in [-0.15, -0.1) is 0 Å². The first-order valence-electron chi connectivity index (χ1n) is 6.54. The van der Waals surface area contributed by atoms with Crippen LogP contribution in [-0.4, -0.2) is 14.2 Å². The Hall–Kier alpha value is -1.44. The molecule has 1 atom stereocenters. The van der Waals surface area contributed by atoms with Crippen LogP contribution in [0.25, 0.3) is 6.08 Å². The molecule has 1 aromatic carbocycles. The highest BCUT2D eigenvalue weighted by atomic mass is 16.5. The van der Waals surface area contributed by atoms with Crippen molar-refractivity contribution in [2.24, 2.45) is 5.92 Å². The topological polar surface area (TPSA) is 18.5 Å². The van der Waals surface area contributed by atoms with Crippen LogP contribution in [0.3, 0.4) is 0 Å². The monoisotopic (exact) mass is 246 g/mol. The molecule has 1 aliphatic carbocycles. The summed E-state index contributed by atoms with van der Waals surface area (Å²) in [6.45, 7) is 6.67. The normalized spacial score (nSPS) is 17.8. The van der Waals surface area contributed by atoms with E-state index in [2.05, 4.69) is 39.0 Å². The fraction of sp³-hybridized carbons (Fsp3) is 0.500. The fourth-order valence-electron chi connectivity index (χ4n) is 2.73. The SMILES string of the molecule is COc1cc2c(c(C(C)C)c1OC)C[C@H](C)C=C2. The molecule has 2 rings (SSSR count). The van der Waals surface area contributed by atoms with Crippen LogP contribution in [-0.2, 0) is 6.42 Å². The van der Waals surface area contributed by atoms with Gasteiger partial charge in [0.25, 0.3) is 0 Å². The first-order chi connectivity index (χ1) is 8.58. The van der Waals surface area contributed by atoms with Gasteiger partial charge in [0.2, 0.25) is 0 Å². The predicted octanol–water partition coefficient (Wildman–Crippen LogP) is 4.03. The minimum absolute atomic E-state index is 0.433. The lowest BCUT2D eigenvalue weighted by atomic mass is 9.83. The first-order valence-corrected chi connectivity index (χ1v) is 6.54. The van der Waals surface area contributed by atoms with E-state index in [1.54, 1.807) is 14.2 Å². The quantitative estimate of drug-likeness (QED) is 0.801. The summed E-state index contributed by atoms with van der Waals surface area (Å²) >= 11 is 0. The largest absolute Gasteiger partial charge is 0.493 e. The molecule has 2 heteroatoms. The molecule has 0 saturated heterocycles. The minimum Gasteiger partial charge on any atom is -0.493 e. The van der Waals surface area contributed by atoms with Crippen molar-refractivity contribution in [3.8, 4) is 11.5 Å². The van der Waals surface area contributed by atoms with E-state index in [1.165, 1.54) is 16.7 Å². The third-order valence-electron chi connectivity index (χ3n) is 3.56. The summed E-state index contributed by atoms with van der Waals surface area (Å²) in [7, 11) is 3.42. The molecule has 0 aliphatic heterocycles. The van der Waals surface area contributed by atoms with Crippen molar-refractivity contribution in [3.05, 3.63) is 28.8 Å². The van der Waals surface area contributed by atoms with E-state index < -0.39 is 0 Å². The molecule has 1 aliphatic rings. The Morgan fingerprint density at radius 1 is 1.22 bits per heavy atom. The van der Waals surface area contributed by atoms with Crippen molar-refractivity contribution in [1.82, 2.24) is 0 Å². The Morgan fingerprint density at radius 3 is 2.50 bits per heavy atom. The molecule has 0 spiro atoms. The molecule has 0 heterocycles. The Bertz CT molecular complexity index is 472. The summed E-state index contributed by atoms with van der Waals surface area (Å²) in [5.74, 6) is 2.75. The maximum Gasteiger partial charge on any atom is 0.164 e. The van der Waals surface area contributed by atoms with Gasteiger partial charge in [-0.2, -0.15) is 0 Å². The molecule has 0 unspecified atom stereocenters. The summed E-state index contributed by atoms with van der Waals surface area (Å²) in [5, 5.41) is 0. The van der Waals surface area contributed by atoms with Crippen molar-refractivity contribution in [2.45, 2.75) is 33.1 Å². The van der Waals surface area contributed by atoms with E-state index in [-0.39, 0.29) is 0 Å². The lowest BCUT2D eigenvalue weighted by molar-refractivity contribution is 0.349. The van der Waals surface area contributed by atoms with Crippen LogP contribution in [0, 0.1) is 5.92 Å². The Kier molecular flexibility index (Phi) is 3.65. The average molecular weight is 246 g/mol. The second kappa shape index (κ2) is 5.05. The van der Waals surface area contributed by atoms with E-state index >= 15 is 0 Å². The molecule has 1 aromatic rings. The standard InChI is InChI=1S/C16H22O2/c1-10(2)15-13-8-11(3)6-7-12(13)9-14(17-4)16(15)18-5/h6-7,9-11H,8H2,1-5H3/t11-/m1/s1. The molecule has 0 radical (unpaired) electrons. The summed E-state index contributed by atoms with van der Waals surface area (Å²) in [6.07, 6.45) is 5.55. The second-order valence-electron chi connectivity index (χ2n) is 5.29. The number of hydrogen-bond donors (Lipinski definition) is 0. The van der Waals surface area contributed by atoms with Gasteiger partial charge in [-0.25, -0.2) is 0 Å². The summed E-state index contributed by atoms with van der Waals surface area (Å²) in [4.78, 5) is 0. The van der Waals surface area contributed by atoms with Gasteiger partial charge in [-0.3, -0.25) is 0 Å². The van der Waals surface area contributed by atoms with E-state index in [4.69, 9.17) is 9.47 Å². The third-order valence-corrected chi connectivity index (χ3v) is 3.56. The van der Waals surface area contributed by atoms with Crippen molar-refractivity contribution < 1.29 is 9.47 Å². The highest BCUT2D eigenvalue weighted by Gasteiger charge is 2.23.